The Bertz CT molecular complexity index is 727. The molecule has 2 rings (SSSR count). The van der Waals surface area contributed by atoms with Crippen molar-refractivity contribution in [2.24, 2.45) is 0 Å². The summed E-state index contributed by atoms with van der Waals surface area (Å²) in [5, 5.41) is 10.1. The zero-order chi connectivity index (χ0) is 15.6. The smallest absolute Gasteiger partial charge is 0.184 e. The second-order valence-electron chi connectivity index (χ2n) is 4.87. The summed E-state index contributed by atoms with van der Waals surface area (Å²) in [4.78, 5) is 12.7. The molecule has 0 bridgehead atoms. The number of rotatable bonds is 3. The highest BCUT2D eigenvalue weighted by atomic mass is 35.5. The number of Topliss-reactive ketones (excluding diaryl/α,β-unsaturated/α-hetero) is 1. The van der Waals surface area contributed by atoms with Crippen LogP contribution in [0.2, 0.25) is 10.0 Å². The summed E-state index contributed by atoms with van der Waals surface area (Å²) in [6, 6.07) is 12.5. The molecule has 2 nitrogen and oxygen atoms in total. The normalized spacial score (nSPS) is 11.8. The van der Waals surface area contributed by atoms with E-state index < -0.39 is 5.92 Å². The zero-order valence-corrected chi connectivity index (χ0v) is 13.2. The highest BCUT2D eigenvalue weighted by molar-refractivity contribution is 6.42. The number of nitriles is 1. The number of hydrogen-bond donors (Lipinski definition) is 0. The number of halogens is 2. The quantitative estimate of drug-likeness (QED) is 0.739. The molecule has 0 fully saturated rings. The largest absolute Gasteiger partial charge is 0.292 e. The van der Waals surface area contributed by atoms with Crippen LogP contribution in [0.4, 0.5) is 0 Å². The van der Waals surface area contributed by atoms with Crippen molar-refractivity contribution in [2.75, 3.05) is 0 Å². The van der Waals surface area contributed by atoms with Gasteiger partial charge in [-0.05, 0) is 42.7 Å². The maximum Gasteiger partial charge on any atom is 0.184 e. The maximum absolute atomic E-state index is 12.7. The molecular weight excluding hydrogens is 305 g/mol. The van der Waals surface area contributed by atoms with Gasteiger partial charge in [0.05, 0.1) is 16.1 Å². The van der Waals surface area contributed by atoms with E-state index >= 15 is 0 Å². The first-order chi connectivity index (χ1) is 9.95. The van der Waals surface area contributed by atoms with Crippen molar-refractivity contribution >= 4 is 29.0 Å². The van der Waals surface area contributed by atoms with Crippen molar-refractivity contribution in [3.05, 3.63) is 68.7 Å². The molecule has 0 saturated carbocycles. The number of carbonyl (C=O) groups is 1. The van der Waals surface area contributed by atoms with Gasteiger partial charge in [0.2, 0.25) is 0 Å². The highest BCUT2D eigenvalue weighted by Crippen LogP contribution is 2.29. The SMILES string of the molecule is Cc1cccc(C)c1C(=O)C(C#N)c1ccc(Cl)c(Cl)c1. The van der Waals surface area contributed by atoms with Crippen molar-refractivity contribution in [3.63, 3.8) is 0 Å². The van der Waals surface area contributed by atoms with Crippen LogP contribution in [0.25, 0.3) is 0 Å². The summed E-state index contributed by atoms with van der Waals surface area (Å²) in [6.45, 7) is 3.73. The molecule has 2 aromatic carbocycles. The molecule has 2 aromatic rings. The summed E-state index contributed by atoms with van der Waals surface area (Å²) in [6.07, 6.45) is 0. The molecule has 0 aliphatic carbocycles. The Balaban J connectivity index is 2.49. The number of aryl methyl sites for hydroxylation is 2. The first-order valence-corrected chi connectivity index (χ1v) is 7.16. The monoisotopic (exact) mass is 317 g/mol. The van der Waals surface area contributed by atoms with Crippen molar-refractivity contribution < 1.29 is 4.79 Å². The van der Waals surface area contributed by atoms with Gasteiger partial charge in [0, 0.05) is 5.56 Å². The maximum atomic E-state index is 12.7. The van der Waals surface area contributed by atoms with E-state index in [1.54, 1.807) is 18.2 Å². The molecule has 0 spiro atoms. The van der Waals surface area contributed by atoms with E-state index in [2.05, 4.69) is 6.07 Å². The molecule has 1 atom stereocenters. The van der Waals surface area contributed by atoms with Crippen molar-refractivity contribution in [2.45, 2.75) is 19.8 Å². The first kappa shape index (κ1) is 15.6. The molecule has 0 aliphatic rings. The lowest BCUT2D eigenvalue weighted by atomic mass is 9.88. The van der Waals surface area contributed by atoms with Gasteiger partial charge in [0.15, 0.2) is 5.78 Å². The van der Waals surface area contributed by atoms with Gasteiger partial charge in [-0.3, -0.25) is 4.79 Å². The third-order valence-electron chi connectivity index (χ3n) is 3.40. The minimum absolute atomic E-state index is 0.216. The van der Waals surface area contributed by atoms with E-state index in [1.165, 1.54) is 0 Å². The fourth-order valence-electron chi connectivity index (χ4n) is 2.32. The average Bonchev–Trinajstić information content (AvgIpc) is 2.43. The molecule has 0 radical (unpaired) electrons. The van der Waals surface area contributed by atoms with E-state index in [0.29, 0.717) is 21.2 Å². The number of benzene rings is 2. The number of carbonyl (C=O) groups excluding carboxylic acids is 1. The third-order valence-corrected chi connectivity index (χ3v) is 4.13. The van der Waals surface area contributed by atoms with Gasteiger partial charge in [-0.2, -0.15) is 5.26 Å². The summed E-state index contributed by atoms with van der Waals surface area (Å²) in [5.74, 6) is -1.11. The van der Waals surface area contributed by atoms with E-state index in [1.807, 2.05) is 32.0 Å². The van der Waals surface area contributed by atoms with Crippen molar-refractivity contribution in [1.82, 2.24) is 0 Å². The van der Waals surface area contributed by atoms with E-state index in [4.69, 9.17) is 23.2 Å². The fraction of sp³-hybridized carbons (Fsp3) is 0.176. The number of ketones is 1. The van der Waals surface area contributed by atoms with E-state index in [9.17, 15) is 10.1 Å². The van der Waals surface area contributed by atoms with Crippen LogP contribution in [0.1, 0.15) is 33.0 Å². The summed E-state index contributed by atoms with van der Waals surface area (Å²) in [5.41, 5.74) is 2.87. The summed E-state index contributed by atoms with van der Waals surface area (Å²) >= 11 is 11.9. The minimum Gasteiger partial charge on any atom is -0.292 e. The number of hydrogen-bond acceptors (Lipinski definition) is 2. The van der Waals surface area contributed by atoms with Gasteiger partial charge in [0.25, 0.3) is 0 Å². The Labute approximate surface area is 133 Å². The van der Waals surface area contributed by atoms with E-state index in [-0.39, 0.29) is 5.78 Å². The third kappa shape index (κ3) is 3.10. The number of nitrogens with zero attached hydrogens (tertiary/aromatic N) is 1. The lowest BCUT2D eigenvalue weighted by Gasteiger charge is -2.13. The van der Waals surface area contributed by atoms with Crippen LogP contribution in [-0.4, -0.2) is 5.78 Å². The molecule has 106 valence electrons. The predicted octanol–water partition coefficient (Wildman–Crippen LogP) is 5.10. The fourth-order valence-corrected chi connectivity index (χ4v) is 2.63. The van der Waals surface area contributed by atoms with Gasteiger partial charge >= 0.3 is 0 Å². The molecule has 1 unspecified atom stereocenters. The summed E-state index contributed by atoms with van der Waals surface area (Å²) < 4.78 is 0. The van der Waals surface area contributed by atoms with Crippen LogP contribution in [0.5, 0.6) is 0 Å². The molecule has 0 amide bonds. The molecule has 0 heterocycles. The lowest BCUT2D eigenvalue weighted by molar-refractivity contribution is 0.0977. The zero-order valence-electron chi connectivity index (χ0n) is 11.7. The first-order valence-electron chi connectivity index (χ1n) is 6.40. The Morgan fingerprint density at radius 2 is 1.71 bits per heavy atom. The van der Waals surface area contributed by atoms with Crippen LogP contribution >= 0.6 is 23.2 Å². The van der Waals surface area contributed by atoms with Gasteiger partial charge in [-0.25, -0.2) is 0 Å². The average molecular weight is 318 g/mol. The van der Waals surface area contributed by atoms with Crippen molar-refractivity contribution in [3.8, 4) is 6.07 Å². The Morgan fingerprint density at radius 3 is 2.24 bits per heavy atom. The van der Waals surface area contributed by atoms with Crippen LogP contribution in [-0.2, 0) is 0 Å². The molecule has 0 saturated heterocycles. The second kappa shape index (κ2) is 6.30. The molecule has 0 aromatic heterocycles. The predicted molar refractivity (Wildman–Crippen MR) is 85.1 cm³/mol. The molecule has 4 heteroatoms. The van der Waals surface area contributed by atoms with Crippen LogP contribution in [0.15, 0.2) is 36.4 Å². The topological polar surface area (TPSA) is 40.9 Å². The van der Waals surface area contributed by atoms with Gasteiger partial charge in [-0.15, -0.1) is 0 Å². The lowest BCUT2D eigenvalue weighted by Crippen LogP contribution is -2.14. The molecule has 21 heavy (non-hydrogen) atoms. The molecule has 0 aliphatic heterocycles. The minimum atomic E-state index is -0.889. The van der Waals surface area contributed by atoms with E-state index in [0.717, 1.165) is 11.1 Å². The molecular formula is C17H13Cl2NO. The van der Waals surface area contributed by atoms with Gasteiger partial charge < -0.3 is 0 Å². The van der Waals surface area contributed by atoms with Crippen LogP contribution < -0.4 is 0 Å². The van der Waals surface area contributed by atoms with Crippen LogP contribution in [0, 0.1) is 25.2 Å². The molecule has 0 N–H and O–H groups in total. The van der Waals surface area contributed by atoms with Gasteiger partial charge in [0.1, 0.15) is 5.92 Å². The Hall–Kier alpha value is -1.82. The second-order valence-corrected chi connectivity index (χ2v) is 5.68. The Morgan fingerprint density at radius 1 is 1.10 bits per heavy atom. The van der Waals surface area contributed by atoms with Gasteiger partial charge in [-0.1, -0.05) is 47.5 Å². The Kier molecular flexibility index (Phi) is 4.67. The van der Waals surface area contributed by atoms with Crippen LogP contribution in [0.3, 0.4) is 0 Å². The van der Waals surface area contributed by atoms with Crippen molar-refractivity contribution in [1.29, 1.82) is 5.26 Å². The summed E-state index contributed by atoms with van der Waals surface area (Å²) in [7, 11) is 0. The highest BCUT2D eigenvalue weighted by Gasteiger charge is 2.24. The standard InChI is InChI=1S/C17H13Cl2NO/c1-10-4-3-5-11(2)16(10)17(21)13(9-20)12-6-7-14(18)15(19)8-12/h3-8,13H,1-2H3.